The largest absolute Gasteiger partial charge is 0.479 e. The lowest BCUT2D eigenvalue weighted by molar-refractivity contribution is -0.143. The number of ether oxygens (including phenoxy) is 1. The van der Waals surface area contributed by atoms with Crippen LogP contribution < -0.4 is 0 Å². The van der Waals surface area contributed by atoms with Crippen LogP contribution in [0.25, 0.3) is 0 Å². The Balaban J connectivity index is 3.23. The minimum atomic E-state index is -1.08. The number of benzene rings is 1. The third-order valence-electron chi connectivity index (χ3n) is 3.14. The van der Waals surface area contributed by atoms with E-state index >= 15 is 0 Å². The first-order valence-corrected chi connectivity index (χ1v) is 8.34. The molecule has 1 aromatic rings. The molecule has 1 atom stereocenters. The van der Waals surface area contributed by atoms with Crippen LogP contribution in [0.15, 0.2) is 22.7 Å². The zero-order valence-electron chi connectivity index (χ0n) is 14.2. The zero-order valence-corrected chi connectivity index (χ0v) is 15.8. The smallest absolute Gasteiger partial charge is 0.411 e. The van der Waals surface area contributed by atoms with E-state index in [1.807, 2.05) is 13.8 Å². The summed E-state index contributed by atoms with van der Waals surface area (Å²) in [6, 6.07) is 4.20. The minimum absolute atomic E-state index is 0.307. The van der Waals surface area contributed by atoms with Gasteiger partial charge in [-0.25, -0.2) is 9.59 Å². The molecule has 1 aromatic carbocycles. The van der Waals surface area contributed by atoms with Gasteiger partial charge in [0, 0.05) is 11.0 Å². The summed E-state index contributed by atoms with van der Waals surface area (Å²) in [5.41, 5.74) is 0.786. The van der Waals surface area contributed by atoms with Crippen molar-refractivity contribution < 1.29 is 19.4 Å². The lowest BCUT2D eigenvalue weighted by atomic mass is 10.0. The summed E-state index contributed by atoms with van der Waals surface area (Å²) in [6.07, 6.45) is 0.0192. The number of carboxylic acids is 1. The van der Waals surface area contributed by atoms with Crippen LogP contribution in [0.2, 0.25) is 0 Å². The van der Waals surface area contributed by atoms with Gasteiger partial charge in [-0.15, -0.1) is 0 Å². The van der Waals surface area contributed by atoms with Crippen molar-refractivity contribution >= 4 is 28.0 Å². The number of rotatable bonds is 5. The first kappa shape index (κ1) is 19.5. The van der Waals surface area contributed by atoms with E-state index in [9.17, 15) is 14.7 Å². The van der Waals surface area contributed by atoms with Gasteiger partial charge in [0.05, 0.1) is 0 Å². The maximum atomic E-state index is 12.5. The van der Waals surface area contributed by atoms with Gasteiger partial charge in [0.15, 0.2) is 6.04 Å². The molecule has 0 aliphatic carbocycles. The molecule has 128 valence electrons. The maximum absolute atomic E-state index is 12.5. The molecule has 0 radical (unpaired) electrons. The zero-order chi connectivity index (χ0) is 17.8. The molecule has 0 heterocycles. The molecule has 0 saturated heterocycles. The number of halogens is 1. The Kier molecular flexibility index (Phi) is 6.62. The Morgan fingerprint density at radius 2 is 1.96 bits per heavy atom. The van der Waals surface area contributed by atoms with Crippen molar-refractivity contribution in [3.05, 3.63) is 33.8 Å². The second-order valence-electron chi connectivity index (χ2n) is 6.42. The topological polar surface area (TPSA) is 66.8 Å². The van der Waals surface area contributed by atoms with Crippen molar-refractivity contribution in [2.24, 2.45) is 0 Å². The van der Waals surface area contributed by atoms with E-state index < -0.39 is 23.7 Å². The number of nitrogens with zero attached hydrogens (tertiary/aromatic N) is 1. The Bertz CT molecular complexity index is 580. The highest BCUT2D eigenvalue weighted by Crippen LogP contribution is 2.27. The molecule has 1 N–H and O–H groups in total. The molecule has 1 amide bonds. The van der Waals surface area contributed by atoms with E-state index in [4.69, 9.17) is 4.74 Å². The number of hydrogen-bond donors (Lipinski definition) is 1. The van der Waals surface area contributed by atoms with Gasteiger partial charge in [-0.2, -0.15) is 0 Å². The number of aliphatic carboxylic acids is 1. The van der Waals surface area contributed by atoms with Crippen LogP contribution >= 0.6 is 15.9 Å². The van der Waals surface area contributed by atoms with E-state index in [2.05, 4.69) is 15.9 Å². The second kappa shape index (κ2) is 7.81. The number of amides is 1. The van der Waals surface area contributed by atoms with Gasteiger partial charge in [-0.1, -0.05) is 35.0 Å². The van der Waals surface area contributed by atoms with Gasteiger partial charge in [0.2, 0.25) is 0 Å². The van der Waals surface area contributed by atoms with Crippen LogP contribution in [-0.4, -0.2) is 34.2 Å². The van der Waals surface area contributed by atoms with Crippen LogP contribution in [-0.2, 0) is 9.53 Å². The van der Waals surface area contributed by atoms with Crippen LogP contribution in [0, 0.1) is 6.92 Å². The summed E-state index contributed by atoms with van der Waals surface area (Å²) in [5, 5.41) is 9.67. The van der Waals surface area contributed by atoms with Crippen LogP contribution in [0.5, 0.6) is 0 Å². The molecule has 0 saturated carbocycles. The lowest BCUT2D eigenvalue weighted by Crippen LogP contribution is -2.42. The minimum Gasteiger partial charge on any atom is -0.479 e. The van der Waals surface area contributed by atoms with Crippen molar-refractivity contribution in [1.82, 2.24) is 4.90 Å². The summed E-state index contributed by atoms with van der Waals surface area (Å²) >= 11 is 3.40. The number of hydrogen-bond acceptors (Lipinski definition) is 3. The predicted octanol–water partition coefficient (Wildman–Crippen LogP) is 4.53. The van der Waals surface area contributed by atoms with E-state index in [1.165, 1.54) is 4.90 Å². The SMILES string of the molecule is CCCN(C(=O)OC(C)(C)C)C(C(=O)O)c1ccc(Br)c(C)c1. The average molecular weight is 386 g/mol. The summed E-state index contributed by atoms with van der Waals surface area (Å²) in [7, 11) is 0. The molecule has 0 aliphatic heterocycles. The maximum Gasteiger partial charge on any atom is 0.411 e. The molecule has 5 nitrogen and oxygen atoms in total. The summed E-state index contributed by atoms with van der Waals surface area (Å²) in [6.45, 7) is 9.35. The van der Waals surface area contributed by atoms with Crippen LogP contribution in [0.3, 0.4) is 0 Å². The fraction of sp³-hybridized carbons (Fsp3) is 0.529. The first-order valence-electron chi connectivity index (χ1n) is 7.55. The van der Waals surface area contributed by atoms with Crippen LogP contribution in [0.4, 0.5) is 4.79 Å². The molecule has 6 heteroatoms. The van der Waals surface area contributed by atoms with Gasteiger partial charge >= 0.3 is 12.1 Å². The molecular formula is C17H24BrNO4. The van der Waals surface area contributed by atoms with Crippen molar-refractivity contribution in [2.45, 2.75) is 52.7 Å². The van der Waals surface area contributed by atoms with E-state index in [0.717, 1.165) is 10.0 Å². The number of carbonyl (C=O) groups is 2. The molecule has 1 unspecified atom stereocenters. The van der Waals surface area contributed by atoms with Gasteiger partial charge in [-0.05, 0) is 51.3 Å². The molecule has 0 aromatic heterocycles. The fourth-order valence-corrected chi connectivity index (χ4v) is 2.43. The highest BCUT2D eigenvalue weighted by atomic mass is 79.9. The quantitative estimate of drug-likeness (QED) is 0.808. The Labute approximate surface area is 145 Å². The number of aryl methyl sites for hydroxylation is 1. The molecule has 23 heavy (non-hydrogen) atoms. The van der Waals surface area contributed by atoms with E-state index in [1.54, 1.807) is 39.0 Å². The average Bonchev–Trinajstić information content (AvgIpc) is 2.39. The number of carbonyl (C=O) groups excluding carboxylic acids is 1. The molecular weight excluding hydrogens is 362 g/mol. The molecule has 0 fully saturated rings. The fourth-order valence-electron chi connectivity index (χ4n) is 2.18. The molecule has 0 aliphatic rings. The third kappa shape index (κ3) is 5.53. The van der Waals surface area contributed by atoms with Crippen molar-refractivity contribution in [3.63, 3.8) is 0 Å². The van der Waals surface area contributed by atoms with E-state index in [0.29, 0.717) is 18.5 Å². The lowest BCUT2D eigenvalue weighted by Gasteiger charge is -2.31. The Morgan fingerprint density at radius 3 is 2.39 bits per heavy atom. The van der Waals surface area contributed by atoms with Crippen molar-refractivity contribution in [3.8, 4) is 0 Å². The van der Waals surface area contributed by atoms with Gasteiger partial charge in [0.25, 0.3) is 0 Å². The molecule has 0 spiro atoms. The molecule has 0 bridgehead atoms. The monoisotopic (exact) mass is 385 g/mol. The van der Waals surface area contributed by atoms with Crippen molar-refractivity contribution in [1.29, 1.82) is 0 Å². The van der Waals surface area contributed by atoms with Crippen LogP contribution in [0.1, 0.15) is 51.3 Å². The molecule has 1 rings (SSSR count). The predicted molar refractivity (Wildman–Crippen MR) is 92.5 cm³/mol. The Hall–Kier alpha value is -1.56. The summed E-state index contributed by atoms with van der Waals surface area (Å²) in [4.78, 5) is 25.5. The highest BCUT2D eigenvalue weighted by molar-refractivity contribution is 9.10. The number of carboxylic acid groups (broad SMARTS) is 1. The third-order valence-corrected chi connectivity index (χ3v) is 4.03. The first-order chi connectivity index (χ1) is 10.6. The standard InChI is InChI=1S/C17H24BrNO4/c1-6-9-19(16(22)23-17(3,4)5)14(15(20)21)12-7-8-13(18)11(2)10-12/h7-8,10,14H,6,9H2,1-5H3,(H,20,21). The van der Waals surface area contributed by atoms with Gasteiger partial charge in [-0.3, -0.25) is 4.90 Å². The second-order valence-corrected chi connectivity index (χ2v) is 7.28. The van der Waals surface area contributed by atoms with Gasteiger partial charge < -0.3 is 9.84 Å². The van der Waals surface area contributed by atoms with E-state index in [-0.39, 0.29) is 0 Å². The van der Waals surface area contributed by atoms with Crippen molar-refractivity contribution in [2.75, 3.05) is 6.54 Å². The van der Waals surface area contributed by atoms with Gasteiger partial charge in [0.1, 0.15) is 5.60 Å². The normalized spacial score (nSPS) is 12.6. The summed E-state index contributed by atoms with van der Waals surface area (Å²) < 4.78 is 6.27. The summed E-state index contributed by atoms with van der Waals surface area (Å²) in [5.74, 6) is -1.08. The highest BCUT2D eigenvalue weighted by Gasteiger charge is 2.33. The Morgan fingerprint density at radius 1 is 1.35 bits per heavy atom.